The number of nitrogens with one attached hydrogen (secondary N) is 1. The largest absolute Gasteiger partial charge is 0.352 e. The quantitative estimate of drug-likeness (QED) is 0.674. The van der Waals surface area contributed by atoms with Crippen LogP contribution in [-0.2, 0) is 21.4 Å². The van der Waals surface area contributed by atoms with Gasteiger partial charge < -0.3 is 9.88 Å². The number of benzene rings is 1. The maximum absolute atomic E-state index is 12.8. The van der Waals surface area contributed by atoms with E-state index in [1.165, 1.54) is 30.3 Å². The van der Waals surface area contributed by atoms with Gasteiger partial charge in [-0.05, 0) is 50.3 Å². The number of aromatic nitrogens is 2. The van der Waals surface area contributed by atoms with Crippen LogP contribution in [0, 0.1) is 11.8 Å². The van der Waals surface area contributed by atoms with Gasteiger partial charge in [0, 0.05) is 12.6 Å². The Morgan fingerprint density at radius 1 is 1.38 bits per heavy atom. The van der Waals surface area contributed by atoms with E-state index in [1.807, 2.05) is 18.4 Å². The number of imidazole rings is 1. The van der Waals surface area contributed by atoms with Gasteiger partial charge in [-0.25, -0.2) is 18.5 Å². The molecule has 3 rings (SSSR count). The van der Waals surface area contributed by atoms with Crippen LogP contribution < -0.4 is 10.5 Å². The molecule has 1 amide bonds. The second-order valence-corrected chi connectivity index (χ2v) is 10.8. The summed E-state index contributed by atoms with van der Waals surface area (Å²) in [5.74, 6) is 1.11. The third-order valence-corrected chi connectivity index (χ3v) is 8.02. The van der Waals surface area contributed by atoms with Crippen LogP contribution in [0.4, 0.5) is 0 Å². The van der Waals surface area contributed by atoms with E-state index in [9.17, 15) is 13.2 Å². The maximum atomic E-state index is 12.8. The maximum Gasteiger partial charge on any atom is 0.238 e. The van der Waals surface area contributed by atoms with E-state index in [1.54, 1.807) is 6.07 Å². The molecule has 9 heteroatoms. The monoisotopic (exact) mass is 438 g/mol. The fourth-order valence-corrected chi connectivity index (χ4v) is 5.49. The minimum absolute atomic E-state index is 0.0147. The van der Waals surface area contributed by atoms with E-state index < -0.39 is 10.0 Å². The number of thioether (sulfide) groups is 1. The standard InChI is InChI=1S/C20H30N4O3S2/c1-5-24-18-10-9-15(29(21,26)27)11-17(18)23-20(24)28-14(4)19(25)22-16-8-6-7-12(2)13(16)3/h9-14,16H,5-8H2,1-4H3,(H,22,25)(H2,21,26,27)/t12-,13-,14-,16-/m1/s1. The number of nitrogens with zero attached hydrogens (tertiary/aromatic N) is 2. The summed E-state index contributed by atoms with van der Waals surface area (Å²) in [5, 5.41) is 8.85. The molecule has 1 aromatic heterocycles. The zero-order valence-corrected chi connectivity index (χ0v) is 19.0. The van der Waals surface area contributed by atoms with Crippen LogP contribution in [0.25, 0.3) is 11.0 Å². The molecule has 1 heterocycles. The highest BCUT2D eigenvalue weighted by atomic mass is 32.2. The first-order valence-corrected chi connectivity index (χ1v) is 12.5. The number of primary sulfonamides is 1. The Balaban J connectivity index is 1.78. The van der Waals surface area contributed by atoms with E-state index in [4.69, 9.17) is 5.14 Å². The predicted octanol–water partition coefficient (Wildman–Crippen LogP) is 3.13. The van der Waals surface area contributed by atoms with Crippen molar-refractivity contribution in [2.75, 3.05) is 0 Å². The highest BCUT2D eigenvalue weighted by Gasteiger charge is 2.30. The number of carbonyl (C=O) groups is 1. The third-order valence-electron chi connectivity index (χ3n) is 6.02. The molecule has 1 aliphatic carbocycles. The van der Waals surface area contributed by atoms with E-state index in [0.29, 0.717) is 29.1 Å². The lowest BCUT2D eigenvalue weighted by Gasteiger charge is -2.35. The Kier molecular flexibility index (Phi) is 6.60. The third kappa shape index (κ3) is 4.78. The Morgan fingerprint density at radius 2 is 2.10 bits per heavy atom. The first kappa shape index (κ1) is 22.1. The molecule has 1 aromatic carbocycles. The van der Waals surface area contributed by atoms with Crippen molar-refractivity contribution in [2.45, 2.75) is 74.8 Å². The molecule has 160 valence electrons. The van der Waals surface area contributed by atoms with Gasteiger partial charge in [-0.2, -0.15) is 0 Å². The zero-order chi connectivity index (χ0) is 21.3. The number of sulfonamides is 1. The van der Waals surface area contributed by atoms with Crippen LogP contribution >= 0.6 is 11.8 Å². The SMILES string of the molecule is CCn1c(S[C@H](C)C(=O)N[C@@H]2CCC[C@@H](C)[C@H]2C)nc2cc(S(N)(=O)=O)ccc21. The van der Waals surface area contributed by atoms with Crippen molar-refractivity contribution in [3.8, 4) is 0 Å². The number of aryl methyl sites for hydroxylation is 1. The molecule has 0 unspecified atom stereocenters. The van der Waals surface area contributed by atoms with E-state index in [0.717, 1.165) is 18.4 Å². The van der Waals surface area contributed by atoms with Gasteiger partial charge in [0.1, 0.15) is 0 Å². The summed E-state index contributed by atoms with van der Waals surface area (Å²) in [6.45, 7) is 9.01. The molecule has 0 aliphatic heterocycles. The molecule has 0 bridgehead atoms. The van der Waals surface area contributed by atoms with Gasteiger partial charge in [-0.1, -0.05) is 38.5 Å². The second kappa shape index (κ2) is 8.65. The molecule has 0 radical (unpaired) electrons. The summed E-state index contributed by atoms with van der Waals surface area (Å²) in [4.78, 5) is 17.4. The Labute approximate surface area is 176 Å². The molecule has 1 saturated carbocycles. The van der Waals surface area contributed by atoms with Gasteiger partial charge >= 0.3 is 0 Å². The van der Waals surface area contributed by atoms with Crippen molar-refractivity contribution in [3.63, 3.8) is 0 Å². The molecule has 3 N–H and O–H groups in total. The first-order chi connectivity index (χ1) is 13.6. The fraction of sp³-hybridized carbons (Fsp3) is 0.600. The molecular weight excluding hydrogens is 408 g/mol. The number of fused-ring (bicyclic) bond motifs is 1. The lowest BCUT2D eigenvalue weighted by atomic mass is 9.78. The summed E-state index contributed by atoms with van der Waals surface area (Å²) in [5.41, 5.74) is 1.38. The summed E-state index contributed by atoms with van der Waals surface area (Å²) in [6.07, 6.45) is 3.40. The van der Waals surface area contributed by atoms with Crippen LogP contribution in [0.3, 0.4) is 0 Å². The topological polar surface area (TPSA) is 107 Å². The number of hydrogen-bond donors (Lipinski definition) is 2. The Morgan fingerprint density at radius 3 is 2.76 bits per heavy atom. The van der Waals surface area contributed by atoms with Gasteiger partial charge in [0.15, 0.2) is 5.16 Å². The lowest BCUT2D eigenvalue weighted by molar-refractivity contribution is -0.121. The Bertz CT molecular complexity index is 1000. The van der Waals surface area contributed by atoms with Gasteiger partial charge in [0.2, 0.25) is 15.9 Å². The van der Waals surface area contributed by atoms with E-state index in [2.05, 4.69) is 24.1 Å². The number of rotatable bonds is 6. The van der Waals surface area contributed by atoms with Gasteiger partial charge in [0.05, 0.1) is 21.2 Å². The normalized spacial score (nSPS) is 23.8. The number of carbonyl (C=O) groups excluding carboxylic acids is 1. The van der Waals surface area contributed by atoms with Crippen molar-refractivity contribution < 1.29 is 13.2 Å². The van der Waals surface area contributed by atoms with Crippen LogP contribution in [0.2, 0.25) is 0 Å². The molecule has 0 saturated heterocycles. The molecule has 0 spiro atoms. The van der Waals surface area contributed by atoms with Gasteiger partial charge in [-0.15, -0.1) is 0 Å². The van der Waals surface area contributed by atoms with Crippen molar-refractivity contribution in [1.29, 1.82) is 0 Å². The average Bonchev–Trinajstić information content (AvgIpc) is 3.00. The second-order valence-electron chi connectivity index (χ2n) is 7.98. The fourth-order valence-electron chi connectivity index (χ4n) is 3.96. The minimum Gasteiger partial charge on any atom is -0.352 e. The van der Waals surface area contributed by atoms with Crippen molar-refractivity contribution in [1.82, 2.24) is 14.9 Å². The van der Waals surface area contributed by atoms with Crippen LogP contribution in [0.5, 0.6) is 0 Å². The number of amides is 1. The van der Waals surface area contributed by atoms with Crippen molar-refractivity contribution in [3.05, 3.63) is 18.2 Å². The summed E-state index contributed by atoms with van der Waals surface area (Å²) >= 11 is 1.39. The average molecular weight is 439 g/mol. The highest BCUT2D eigenvalue weighted by Crippen LogP contribution is 2.31. The molecule has 1 fully saturated rings. The minimum atomic E-state index is -3.79. The highest BCUT2D eigenvalue weighted by molar-refractivity contribution is 8.00. The van der Waals surface area contributed by atoms with Crippen LogP contribution in [0.1, 0.15) is 47.0 Å². The number of nitrogens with two attached hydrogens (primary N) is 1. The van der Waals surface area contributed by atoms with Crippen molar-refractivity contribution >= 4 is 38.7 Å². The molecule has 1 aliphatic rings. The van der Waals surface area contributed by atoms with Crippen LogP contribution in [-0.4, -0.2) is 35.2 Å². The van der Waals surface area contributed by atoms with Gasteiger partial charge in [0.25, 0.3) is 0 Å². The number of hydrogen-bond acceptors (Lipinski definition) is 5. The van der Waals surface area contributed by atoms with E-state index >= 15 is 0 Å². The van der Waals surface area contributed by atoms with E-state index in [-0.39, 0.29) is 22.1 Å². The molecule has 7 nitrogen and oxygen atoms in total. The summed E-state index contributed by atoms with van der Waals surface area (Å²) < 4.78 is 25.2. The van der Waals surface area contributed by atoms with Gasteiger partial charge in [-0.3, -0.25) is 4.79 Å². The van der Waals surface area contributed by atoms with Crippen molar-refractivity contribution in [2.24, 2.45) is 17.0 Å². The summed E-state index contributed by atoms with van der Waals surface area (Å²) in [6, 6.07) is 4.90. The van der Waals surface area contributed by atoms with Crippen LogP contribution in [0.15, 0.2) is 28.3 Å². The Hall–Kier alpha value is -1.58. The summed E-state index contributed by atoms with van der Waals surface area (Å²) in [7, 11) is -3.79. The smallest absolute Gasteiger partial charge is 0.238 e. The first-order valence-electron chi connectivity index (χ1n) is 10.1. The molecule has 2 aromatic rings. The predicted molar refractivity (Wildman–Crippen MR) is 116 cm³/mol. The molecular formula is C20H30N4O3S2. The molecule has 4 atom stereocenters. The lowest BCUT2D eigenvalue weighted by Crippen LogP contribution is -2.46. The molecule has 29 heavy (non-hydrogen) atoms. The zero-order valence-electron chi connectivity index (χ0n) is 17.4.